The van der Waals surface area contributed by atoms with E-state index in [2.05, 4.69) is 10.3 Å². The maximum Gasteiger partial charge on any atom is 0.321 e. The van der Waals surface area contributed by atoms with Crippen molar-refractivity contribution in [2.45, 2.75) is 39.7 Å². The van der Waals surface area contributed by atoms with Gasteiger partial charge in [-0.1, -0.05) is 6.07 Å². The highest BCUT2D eigenvalue weighted by Crippen LogP contribution is 2.26. The van der Waals surface area contributed by atoms with Gasteiger partial charge in [0, 0.05) is 30.3 Å². The Balaban J connectivity index is 1.74. The first kappa shape index (κ1) is 17.5. The molecule has 0 aliphatic carbocycles. The molecule has 1 aromatic heterocycles. The van der Waals surface area contributed by atoms with Gasteiger partial charge in [-0.15, -0.1) is 0 Å². The zero-order valence-corrected chi connectivity index (χ0v) is 15.0. The van der Waals surface area contributed by atoms with Gasteiger partial charge in [0.2, 0.25) is 5.89 Å². The molecule has 2 heterocycles. The van der Waals surface area contributed by atoms with E-state index in [0.717, 1.165) is 35.3 Å². The maximum absolute atomic E-state index is 12.6. The van der Waals surface area contributed by atoms with Gasteiger partial charge in [0.05, 0.1) is 11.8 Å². The number of piperidine rings is 1. The first-order valence-corrected chi connectivity index (χ1v) is 8.71. The van der Waals surface area contributed by atoms with Crippen LogP contribution in [0, 0.1) is 19.8 Å². The standard InChI is InChI=1S/C19H25N3O3/c1-12-6-7-15(18-20-13(2)11-25-18)9-17(12)21-19(24)22-8-4-5-16(10-22)14(3)23/h6-7,9,11,14,16,23H,4-5,8,10H2,1-3H3,(H,21,24). The lowest BCUT2D eigenvalue weighted by Gasteiger charge is -2.34. The molecule has 1 fully saturated rings. The van der Waals surface area contributed by atoms with Crippen LogP contribution in [0.15, 0.2) is 28.9 Å². The molecule has 2 aromatic rings. The minimum absolute atomic E-state index is 0.130. The number of urea groups is 1. The number of nitrogens with one attached hydrogen (secondary N) is 1. The minimum atomic E-state index is -0.395. The molecular formula is C19H25N3O3. The molecule has 0 spiro atoms. The number of anilines is 1. The number of hydrogen-bond donors (Lipinski definition) is 2. The summed E-state index contributed by atoms with van der Waals surface area (Å²) in [6, 6.07) is 5.63. The highest BCUT2D eigenvalue weighted by Gasteiger charge is 2.26. The van der Waals surface area contributed by atoms with Crippen LogP contribution in [0.2, 0.25) is 0 Å². The van der Waals surface area contributed by atoms with Gasteiger partial charge in [0.1, 0.15) is 6.26 Å². The van der Waals surface area contributed by atoms with E-state index in [1.54, 1.807) is 18.1 Å². The number of benzene rings is 1. The topological polar surface area (TPSA) is 78.6 Å². The molecule has 1 aliphatic heterocycles. The van der Waals surface area contributed by atoms with Crippen molar-refractivity contribution in [2.24, 2.45) is 5.92 Å². The van der Waals surface area contributed by atoms with Crippen molar-refractivity contribution in [3.8, 4) is 11.5 Å². The number of nitrogens with zero attached hydrogens (tertiary/aromatic N) is 2. The quantitative estimate of drug-likeness (QED) is 0.893. The largest absolute Gasteiger partial charge is 0.444 e. The van der Waals surface area contributed by atoms with E-state index in [9.17, 15) is 9.90 Å². The van der Waals surface area contributed by atoms with Crippen molar-refractivity contribution in [1.82, 2.24) is 9.88 Å². The highest BCUT2D eigenvalue weighted by atomic mass is 16.3. The van der Waals surface area contributed by atoms with E-state index in [1.807, 2.05) is 32.0 Å². The van der Waals surface area contributed by atoms with Gasteiger partial charge >= 0.3 is 6.03 Å². The Hall–Kier alpha value is -2.34. The van der Waals surface area contributed by atoms with Crippen LogP contribution in [0.25, 0.3) is 11.5 Å². The average molecular weight is 343 g/mol. The molecule has 1 aromatic carbocycles. The van der Waals surface area contributed by atoms with Gasteiger partial charge in [-0.25, -0.2) is 9.78 Å². The van der Waals surface area contributed by atoms with Gasteiger partial charge in [-0.05, 0) is 51.3 Å². The van der Waals surface area contributed by atoms with Gasteiger partial charge in [-0.2, -0.15) is 0 Å². The molecule has 0 radical (unpaired) electrons. The summed E-state index contributed by atoms with van der Waals surface area (Å²) in [4.78, 5) is 18.7. The monoisotopic (exact) mass is 343 g/mol. The van der Waals surface area contributed by atoms with Gasteiger partial charge in [-0.3, -0.25) is 0 Å². The van der Waals surface area contributed by atoms with E-state index in [-0.39, 0.29) is 11.9 Å². The van der Waals surface area contributed by atoms with Crippen LogP contribution in [0.4, 0.5) is 10.5 Å². The SMILES string of the molecule is Cc1coc(-c2ccc(C)c(NC(=O)N3CCCC(C(C)O)C3)c2)n1. The zero-order valence-electron chi connectivity index (χ0n) is 15.0. The second-order valence-electron chi connectivity index (χ2n) is 6.84. The van der Waals surface area contributed by atoms with Crippen molar-refractivity contribution < 1.29 is 14.3 Å². The molecule has 0 bridgehead atoms. The summed E-state index contributed by atoms with van der Waals surface area (Å²) >= 11 is 0. The molecule has 1 saturated heterocycles. The third kappa shape index (κ3) is 4.02. The van der Waals surface area contributed by atoms with Crippen LogP contribution in [-0.4, -0.2) is 40.2 Å². The highest BCUT2D eigenvalue weighted by molar-refractivity contribution is 5.91. The Bertz CT molecular complexity index is 754. The summed E-state index contributed by atoms with van der Waals surface area (Å²) in [5, 5.41) is 12.8. The number of amides is 2. The lowest BCUT2D eigenvalue weighted by Crippen LogP contribution is -2.44. The molecule has 2 amide bonds. The predicted molar refractivity (Wildman–Crippen MR) is 96.4 cm³/mol. The number of aliphatic hydroxyl groups is 1. The Morgan fingerprint density at radius 2 is 2.24 bits per heavy atom. The third-order valence-electron chi connectivity index (χ3n) is 4.77. The van der Waals surface area contributed by atoms with E-state index in [1.165, 1.54) is 0 Å². The minimum Gasteiger partial charge on any atom is -0.444 e. The molecule has 25 heavy (non-hydrogen) atoms. The van der Waals surface area contributed by atoms with Gasteiger partial charge in [0.25, 0.3) is 0 Å². The fraction of sp³-hybridized carbons (Fsp3) is 0.474. The van der Waals surface area contributed by atoms with Crippen molar-refractivity contribution in [3.63, 3.8) is 0 Å². The summed E-state index contributed by atoms with van der Waals surface area (Å²) in [5.74, 6) is 0.683. The first-order valence-electron chi connectivity index (χ1n) is 8.71. The number of aromatic nitrogens is 1. The van der Waals surface area contributed by atoms with Crippen molar-refractivity contribution in [3.05, 3.63) is 35.7 Å². The number of oxazole rings is 1. The summed E-state index contributed by atoms with van der Waals surface area (Å²) in [5.41, 5.74) is 3.37. The normalized spacial score (nSPS) is 18.9. The maximum atomic E-state index is 12.6. The summed E-state index contributed by atoms with van der Waals surface area (Å²) in [7, 11) is 0. The zero-order chi connectivity index (χ0) is 18.0. The van der Waals surface area contributed by atoms with E-state index < -0.39 is 6.10 Å². The van der Waals surface area contributed by atoms with Crippen LogP contribution in [0.5, 0.6) is 0 Å². The number of rotatable bonds is 3. The van der Waals surface area contributed by atoms with Crippen molar-refractivity contribution in [2.75, 3.05) is 18.4 Å². The third-order valence-corrected chi connectivity index (χ3v) is 4.77. The van der Waals surface area contributed by atoms with E-state index in [0.29, 0.717) is 19.0 Å². The van der Waals surface area contributed by atoms with Crippen molar-refractivity contribution >= 4 is 11.7 Å². The number of carbonyl (C=O) groups excluding carboxylic acids is 1. The summed E-state index contributed by atoms with van der Waals surface area (Å²) in [6.07, 6.45) is 3.09. The second kappa shape index (κ2) is 7.27. The second-order valence-corrected chi connectivity index (χ2v) is 6.84. The van der Waals surface area contributed by atoms with Gasteiger partial charge in [0.15, 0.2) is 0 Å². The lowest BCUT2D eigenvalue weighted by molar-refractivity contribution is 0.0766. The summed E-state index contributed by atoms with van der Waals surface area (Å²) < 4.78 is 5.44. The number of carbonyl (C=O) groups is 1. The van der Waals surface area contributed by atoms with Gasteiger partial charge < -0.3 is 19.7 Å². The lowest BCUT2D eigenvalue weighted by atomic mass is 9.94. The molecule has 134 valence electrons. The Kier molecular flexibility index (Phi) is 5.08. The van der Waals surface area contributed by atoms with Crippen LogP contribution in [0.1, 0.15) is 31.0 Å². The molecular weight excluding hydrogens is 318 g/mol. The fourth-order valence-electron chi connectivity index (χ4n) is 3.16. The Morgan fingerprint density at radius 3 is 2.92 bits per heavy atom. The summed E-state index contributed by atoms with van der Waals surface area (Å²) in [6.45, 7) is 6.92. The molecule has 2 N–H and O–H groups in total. The van der Waals surface area contributed by atoms with E-state index >= 15 is 0 Å². The van der Waals surface area contributed by atoms with Crippen molar-refractivity contribution in [1.29, 1.82) is 0 Å². The Labute approximate surface area is 147 Å². The fourth-order valence-corrected chi connectivity index (χ4v) is 3.16. The van der Waals surface area contributed by atoms with Crippen LogP contribution in [0.3, 0.4) is 0 Å². The molecule has 2 atom stereocenters. The number of aryl methyl sites for hydroxylation is 2. The molecule has 2 unspecified atom stereocenters. The number of likely N-dealkylation sites (tertiary alicyclic amines) is 1. The molecule has 0 saturated carbocycles. The Morgan fingerprint density at radius 1 is 1.44 bits per heavy atom. The predicted octanol–water partition coefficient (Wildman–Crippen LogP) is 3.58. The average Bonchev–Trinajstić information content (AvgIpc) is 3.03. The molecule has 3 rings (SSSR count). The molecule has 6 nitrogen and oxygen atoms in total. The smallest absolute Gasteiger partial charge is 0.321 e. The molecule has 1 aliphatic rings. The van der Waals surface area contributed by atoms with Crippen LogP contribution >= 0.6 is 0 Å². The van der Waals surface area contributed by atoms with Crippen LogP contribution in [-0.2, 0) is 0 Å². The molecule has 6 heteroatoms. The first-order chi connectivity index (χ1) is 11.9. The van der Waals surface area contributed by atoms with E-state index in [4.69, 9.17) is 4.42 Å². The number of hydrogen-bond acceptors (Lipinski definition) is 4. The van der Waals surface area contributed by atoms with Crippen LogP contribution < -0.4 is 5.32 Å². The number of aliphatic hydroxyl groups excluding tert-OH is 1.